The molecular formula is C15H10Br2FNO2. The summed E-state index contributed by atoms with van der Waals surface area (Å²) < 4.78 is 20.1. The zero-order valence-electron chi connectivity index (χ0n) is 10.8. The number of halogens is 3. The molecule has 0 aromatic heterocycles. The molecule has 0 saturated heterocycles. The van der Waals surface area contributed by atoms with Crippen LogP contribution < -0.4 is 10.5 Å². The van der Waals surface area contributed by atoms with Crippen molar-refractivity contribution < 1.29 is 13.9 Å². The standard InChI is InChI=1S/C15H10Br2FNO2/c16-8-3-7-1-2-21-15(7)10(4-8)14(20)9-5-13(19)12(18)6-11(9)17/h3-6H,1-2,19H2. The van der Waals surface area contributed by atoms with Gasteiger partial charge in [0.2, 0.25) is 0 Å². The van der Waals surface area contributed by atoms with Crippen LogP contribution in [0.2, 0.25) is 0 Å². The number of nitrogen functional groups attached to an aromatic ring is 1. The Labute approximate surface area is 137 Å². The fourth-order valence-corrected chi connectivity index (χ4v) is 3.32. The fraction of sp³-hybridized carbons (Fsp3) is 0.133. The first-order valence-corrected chi connectivity index (χ1v) is 7.80. The molecule has 2 N–H and O–H groups in total. The molecule has 0 atom stereocenters. The lowest BCUT2D eigenvalue weighted by Crippen LogP contribution is -2.06. The monoisotopic (exact) mass is 413 g/mol. The summed E-state index contributed by atoms with van der Waals surface area (Å²) in [6.45, 7) is 0.554. The molecule has 1 aliphatic heterocycles. The van der Waals surface area contributed by atoms with Crippen molar-refractivity contribution in [2.45, 2.75) is 6.42 Å². The third-order valence-corrected chi connectivity index (χ3v) is 4.44. The van der Waals surface area contributed by atoms with Gasteiger partial charge in [-0.2, -0.15) is 0 Å². The summed E-state index contributed by atoms with van der Waals surface area (Å²) in [4.78, 5) is 12.7. The predicted molar refractivity (Wildman–Crippen MR) is 85.3 cm³/mol. The first-order valence-electron chi connectivity index (χ1n) is 6.22. The molecular weight excluding hydrogens is 405 g/mol. The van der Waals surface area contributed by atoms with Gasteiger partial charge >= 0.3 is 0 Å². The number of anilines is 1. The van der Waals surface area contributed by atoms with Crippen LogP contribution in [0.4, 0.5) is 10.1 Å². The van der Waals surface area contributed by atoms with Gasteiger partial charge in [-0.25, -0.2) is 4.39 Å². The van der Waals surface area contributed by atoms with Crippen LogP contribution in [0.25, 0.3) is 0 Å². The second kappa shape index (κ2) is 5.42. The van der Waals surface area contributed by atoms with Crippen molar-refractivity contribution in [2.75, 3.05) is 12.3 Å². The topological polar surface area (TPSA) is 52.3 Å². The van der Waals surface area contributed by atoms with Gasteiger partial charge in [-0.3, -0.25) is 4.79 Å². The number of rotatable bonds is 2. The average molecular weight is 415 g/mol. The lowest BCUT2D eigenvalue weighted by Gasteiger charge is -2.10. The Hall–Kier alpha value is -1.40. The van der Waals surface area contributed by atoms with Crippen molar-refractivity contribution >= 4 is 43.3 Å². The Balaban J connectivity index is 2.14. The normalized spacial score (nSPS) is 12.9. The smallest absolute Gasteiger partial charge is 0.198 e. The number of fused-ring (bicyclic) bond motifs is 1. The van der Waals surface area contributed by atoms with Crippen LogP contribution in [0.15, 0.2) is 33.2 Å². The summed E-state index contributed by atoms with van der Waals surface area (Å²) >= 11 is 6.61. The van der Waals surface area contributed by atoms with Gasteiger partial charge in [-0.1, -0.05) is 15.9 Å². The van der Waals surface area contributed by atoms with E-state index in [0.717, 1.165) is 16.5 Å². The summed E-state index contributed by atoms with van der Waals surface area (Å²) in [7, 11) is 0. The minimum Gasteiger partial charge on any atom is -0.492 e. The summed E-state index contributed by atoms with van der Waals surface area (Å²) in [6, 6.07) is 6.18. The van der Waals surface area contributed by atoms with Gasteiger partial charge in [0.1, 0.15) is 11.6 Å². The molecule has 2 aromatic rings. The van der Waals surface area contributed by atoms with Gasteiger partial charge in [0, 0.05) is 20.9 Å². The van der Waals surface area contributed by atoms with Crippen molar-refractivity contribution in [2.24, 2.45) is 0 Å². The van der Waals surface area contributed by atoms with Gasteiger partial charge in [-0.15, -0.1) is 0 Å². The maximum Gasteiger partial charge on any atom is 0.198 e. The Kier molecular flexibility index (Phi) is 3.75. The van der Waals surface area contributed by atoms with E-state index >= 15 is 0 Å². The molecule has 3 nitrogen and oxygen atoms in total. The third kappa shape index (κ3) is 2.58. The van der Waals surface area contributed by atoms with Crippen LogP contribution in [-0.4, -0.2) is 12.4 Å². The summed E-state index contributed by atoms with van der Waals surface area (Å²) in [5, 5.41) is 0. The first-order chi connectivity index (χ1) is 9.97. The summed E-state index contributed by atoms with van der Waals surface area (Å²) in [5.41, 5.74) is 7.24. The van der Waals surface area contributed by atoms with Gasteiger partial charge in [-0.05, 0) is 45.8 Å². The van der Waals surface area contributed by atoms with Gasteiger partial charge in [0.05, 0.1) is 17.9 Å². The highest BCUT2D eigenvalue weighted by Crippen LogP contribution is 2.35. The molecule has 1 heterocycles. The lowest BCUT2D eigenvalue weighted by atomic mass is 9.99. The molecule has 2 aromatic carbocycles. The second-order valence-electron chi connectivity index (χ2n) is 4.72. The molecule has 0 radical (unpaired) electrons. The Morgan fingerprint density at radius 3 is 2.71 bits per heavy atom. The zero-order chi connectivity index (χ0) is 15.1. The second-order valence-corrected chi connectivity index (χ2v) is 6.49. The molecule has 1 aliphatic rings. The van der Waals surface area contributed by atoms with E-state index in [1.54, 1.807) is 6.07 Å². The van der Waals surface area contributed by atoms with Crippen LogP contribution in [0.5, 0.6) is 5.75 Å². The molecule has 3 rings (SSSR count). The molecule has 21 heavy (non-hydrogen) atoms. The summed E-state index contributed by atoms with van der Waals surface area (Å²) in [6.07, 6.45) is 0.766. The molecule has 0 saturated carbocycles. The number of benzene rings is 2. The van der Waals surface area contributed by atoms with Crippen molar-refractivity contribution in [1.29, 1.82) is 0 Å². The van der Waals surface area contributed by atoms with Crippen LogP contribution in [0, 0.1) is 5.82 Å². The average Bonchev–Trinajstić information content (AvgIpc) is 2.89. The SMILES string of the molecule is Nc1cc(C(=O)c2cc(Br)cc3c2OCC3)c(Br)cc1F. The van der Waals surface area contributed by atoms with Crippen LogP contribution in [-0.2, 0) is 6.42 Å². The van der Waals surface area contributed by atoms with Gasteiger partial charge in [0.15, 0.2) is 5.78 Å². The number of ketones is 1. The van der Waals surface area contributed by atoms with E-state index in [2.05, 4.69) is 31.9 Å². The maximum absolute atomic E-state index is 13.4. The maximum atomic E-state index is 13.4. The first kappa shape index (κ1) is 14.5. The van der Waals surface area contributed by atoms with Crippen molar-refractivity contribution in [3.05, 3.63) is 55.7 Å². The Morgan fingerprint density at radius 1 is 1.19 bits per heavy atom. The number of ether oxygens (including phenoxy) is 1. The molecule has 108 valence electrons. The predicted octanol–water partition coefficient (Wildman–Crippen LogP) is 4.10. The van der Waals surface area contributed by atoms with E-state index in [0.29, 0.717) is 28.0 Å². The number of nitrogens with two attached hydrogens (primary N) is 1. The van der Waals surface area contributed by atoms with Crippen LogP contribution in [0.1, 0.15) is 21.5 Å². The van der Waals surface area contributed by atoms with E-state index in [-0.39, 0.29) is 11.5 Å². The number of carbonyl (C=O) groups excluding carboxylic acids is 1. The molecule has 6 heteroatoms. The van der Waals surface area contributed by atoms with Crippen molar-refractivity contribution in [1.82, 2.24) is 0 Å². The van der Waals surface area contributed by atoms with E-state index in [4.69, 9.17) is 10.5 Å². The quantitative estimate of drug-likeness (QED) is 0.594. The van der Waals surface area contributed by atoms with Gasteiger partial charge in [0.25, 0.3) is 0 Å². The zero-order valence-corrected chi connectivity index (χ0v) is 13.9. The summed E-state index contributed by atoms with van der Waals surface area (Å²) in [5.74, 6) is -0.222. The van der Waals surface area contributed by atoms with Crippen molar-refractivity contribution in [3.63, 3.8) is 0 Å². The Bertz CT molecular complexity index is 762. The number of carbonyl (C=O) groups is 1. The minimum absolute atomic E-state index is 0.0610. The largest absolute Gasteiger partial charge is 0.492 e. The van der Waals surface area contributed by atoms with Crippen LogP contribution >= 0.6 is 31.9 Å². The molecule has 0 spiro atoms. The molecule has 0 fully saturated rings. The van der Waals surface area contributed by atoms with E-state index in [1.807, 2.05) is 6.07 Å². The number of hydrogen-bond donors (Lipinski definition) is 1. The highest BCUT2D eigenvalue weighted by molar-refractivity contribution is 9.10. The molecule has 0 bridgehead atoms. The minimum atomic E-state index is -0.561. The van der Waals surface area contributed by atoms with Crippen LogP contribution in [0.3, 0.4) is 0 Å². The highest BCUT2D eigenvalue weighted by Gasteiger charge is 2.24. The van der Waals surface area contributed by atoms with E-state index in [1.165, 1.54) is 12.1 Å². The Morgan fingerprint density at radius 2 is 1.95 bits per heavy atom. The lowest BCUT2D eigenvalue weighted by molar-refractivity contribution is 0.103. The molecule has 0 aliphatic carbocycles. The fourth-order valence-electron chi connectivity index (χ4n) is 2.32. The van der Waals surface area contributed by atoms with Gasteiger partial charge < -0.3 is 10.5 Å². The van der Waals surface area contributed by atoms with E-state index < -0.39 is 5.82 Å². The van der Waals surface area contributed by atoms with Crippen molar-refractivity contribution in [3.8, 4) is 5.75 Å². The molecule has 0 amide bonds. The molecule has 0 unspecified atom stereocenters. The highest BCUT2D eigenvalue weighted by atomic mass is 79.9. The number of hydrogen-bond acceptors (Lipinski definition) is 3. The van der Waals surface area contributed by atoms with E-state index in [9.17, 15) is 9.18 Å². The third-order valence-electron chi connectivity index (χ3n) is 3.32.